The van der Waals surface area contributed by atoms with Gasteiger partial charge in [-0.2, -0.15) is 5.26 Å². The van der Waals surface area contributed by atoms with Crippen molar-refractivity contribution in [2.75, 3.05) is 36.4 Å². The van der Waals surface area contributed by atoms with Crippen molar-refractivity contribution < 1.29 is 4.79 Å². The largest absolute Gasteiger partial charge is 0.368 e. The molecule has 3 aromatic rings. The van der Waals surface area contributed by atoms with Gasteiger partial charge in [0.05, 0.1) is 11.6 Å². The SMILES string of the molecule is C#Cc1nc(NC(=O)N2CCN(c3ccc(-c4ccccc4C#N)cc3)CC2)cs1. The van der Waals surface area contributed by atoms with Crippen LogP contribution in [0.3, 0.4) is 0 Å². The molecule has 0 radical (unpaired) electrons. The van der Waals surface area contributed by atoms with Crippen molar-refractivity contribution in [3.8, 4) is 29.5 Å². The molecule has 4 rings (SSSR count). The first-order valence-corrected chi connectivity index (χ1v) is 10.4. The first-order valence-electron chi connectivity index (χ1n) is 9.50. The summed E-state index contributed by atoms with van der Waals surface area (Å²) in [7, 11) is 0. The van der Waals surface area contributed by atoms with Gasteiger partial charge in [-0.3, -0.25) is 5.32 Å². The molecule has 0 aliphatic carbocycles. The van der Waals surface area contributed by atoms with Gasteiger partial charge in [0, 0.05) is 37.2 Å². The molecule has 1 saturated heterocycles. The van der Waals surface area contributed by atoms with Crippen LogP contribution in [0, 0.1) is 23.7 Å². The fraction of sp³-hybridized carbons (Fsp3) is 0.174. The van der Waals surface area contributed by atoms with E-state index in [0.29, 0.717) is 29.5 Å². The van der Waals surface area contributed by atoms with Crippen LogP contribution in [0.5, 0.6) is 0 Å². The fourth-order valence-corrected chi connectivity index (χ4v) is 3.99. The molecule has 7 heteroatoms. The Morgan fingerprint density at radius 3 is 2.50 bits per heavy atom. The molecular formula is C23H19N5OS. The molecule has 2 heterocycles. The highest BCUT2D eigenvalue weighted by molar-refractivity contribution is 7.10. The van der Waals surface area contributed by atoms with Crippen LogP contribution in [-0.4, -0.2) is 42.1 Å². The smallest absolute Gasteiger partial charge is 0.323 e. The summed E-state index contributed by atoms with van der Waals surface area (Å²) in [6.07, 6.45) is 5.32. The maximum Gasteiger partial charge on any atom is 0.323 e. The number of hydrogen-bond acceptors (Lipinski definition) is 5. The lowest BCUT2D eigenvalue weighted by Crippen LogP contribution is -2.50. The quantitative estimate of drug-likeness (QED) is 0.659. The summed E-state index contributed by atoms with van der Waals surface area (Å²) in [6, 6.07) is 17.9. The molecule has 0 atom stereocenters. The number of carbonyl (C=O) groups is 1. The summed E-state index contributed by atoms with van der Waals surface area (Å²) < 4.78 is 0. The number of amides is 2. The normalized spacial score (nSPS) is 13.4. The molecule has 1 aliphatic heterocycles. The Kier molecular flexibility index (Phi) is 5.65. The molecule has 2 aromatic carbocycles. The zero-order valence-electron chi connectivity index (χ0n) is 16.2. The van der Waals surface area contributed by atoms with Gasteiger partial charge in [0.2, 0.25) is 0 Å². The maximum absolute atomic E-state index is 12.5. The summed E-state index contributed by atoms with van der Waals surface area (Å²) >= 11 is 1.33. The lowest BCUT2D eigenvalue weighted by molar-refractivity contribution is 0.208. The van der Waals surface area contributed by atoms with Crippen molar-refractivity contribution in [2.24, 2.45) is 0 Å². The molecule has 1 N–H and O–H groups in total. The number of nitrogens with one attached hydrogen (secondary N) is 1. The number of benzene rings is 2. The summed E-state index contributed by atoms with van der Waals surface area (Å²) in [4.78, 5) is 20.7. The summed E-state index contributed by atoms with van der Waals surface area (Å²) in [5.41, 5.74) is 3.72. The van der Waals surface area contributed by atoms with Gasteiger partial charge in [0.25, 0.3) is 0 Å². The van der Waals surface area contributed by atoms with E-state index in [2.05, 4.69) is 39.3 Å². The number of anilines is 2. The van der Waals surface area contributed by atoms with E-state index in [9.17, 15) is 10.1 Å². The predicted molar refractivity (Wildman–Crippen MR) is 119 cm³/mol. The molecule has 0 unspecified atom stereocenters. The highest BCUT2D eigenvalue weighted by Gasteiger charge is 2.22. The van der Waals surface area contributed by atoms with Crippen molar-refractivity contribution in [1.82, 2.24) is 9.88 Å². The monoisotopic (exact) mass is 413 g/mol. The Balaban J connectivity index is 1.36. The topological polar surface area (TPSA) is 72.3 Å². The molecule has 0 saturated carbocycles. The number of carbonyl (C=O) groups excluding carboxylic acids is 1. The Hall–Kier alpha value is -3.81. The molecule has 0 spiro atoms. The first kappa shape index (κ1) is 19.5. The number of nitrogens with zero attached hydrogens (tertiary/aromatic N) is 4. The Morgan fingerprint density at radius 1 is 1.10 bits per heavy atom. The van der Waals surface area contributed by atoms with Gasteiger partial charge >= 0.3 is 6.03 Å². The maximum atomic E-state index is 12.5. The van der Waals surface area contributed by atoms with E-state index in [4.69, 9.17) is 6.42 Å². The summed E-state index contributed by atoms with van der Waals surface area (Å²) in [5.74, 6) is 2.96. The number of hydrogen-bond donors (Lipinski definition) is 1. The van der Waals surface area contributed by atoms with E-state index >= 15 is 0 Å². The van der Waals surface area contributed by atoms with E-state index in [1.165, 1.54) is 11.3 Å². The minimum Gasteiger partial charge on any atom is -0.368 e. The van der Waals surface area contributed by atoms with E-state index in [1.807, 2.05) is 36.4 Å². The van der Waals surface area contributed by atoms with Gasteiger partial charge in [-0.1, -0.05) is 30.3 Å². The van der Waals surface area contributed by atoms with Gasteiger partial charge < -0.3 is 9.80 Å². The summed E-state index contributed by atoms with van der Waals surface area (Å²) in [5, 5.41) is 14.4. The van der Waals surface area contributed by atoms with Crippen molar-refractivity contribution in [3.63, 3.8) is 0 Å². The minimum absolute atomic E-state index is 0.160. The molecular weight excluding hydrogens is 394 g/mol. The minimum atomic E-state index is -0.160. The third-order valence-corrected chi connectivity index (χ3v) is 5.79. The van der Waals surface area contributed by atoms with Crippen LogP contribution < -0.4 is 10.2 Å². The second-order valence-electron chi connectivity index (χ2n) is 6.79. The third kappa shape index (κ3) is 4.12. The molecule has 1 aromatic heterocycles. The van der Waals surface area contributed by atoms with Crippen LogP contribution in [0.25, 0.3) is 11.1 Å². The van der Waals surface area contributed by atoms with Crippen LogP contribution in [0.4, 0.5) is 16.3 Å². The van der Waals surface area contributed by atoms with Gasteiger partial charge in [0.1, 0.15) is 5.82 Å². The van der Waals surface area contributed by atoms with Crippen LogP contribution in [0.15, 0.2) is 53.9 Å². The number of aromatic nitrogens is 1. The zero-order chi connectivity index (χ0) is 20.9. The van der Waals surface area contributed by atoms with Gasteiger partial charge in [-0.05, 0) is 35.2 Å². The Morgan fingerprint density at radius 2 is 1.83 bits per heavy atom. The zero-order valence-corrected chi connectivity index (χ0v) is 17.0. The third-order valence-electron chi connectivity index (χ3n) is 5.02. The number of rotatable bonds is 3. The van der Waals surface area contributed by atoms with Crippen LogP contribution in [-0.2, 0) is 0 Å². The number of thiazole rings is 1. The molecule has 6 nitrogen and oxygen atoms in total. The van der Waals surface area contributed by atoms with Gasteiger partial charge in [-0.25, -0.2) is 9.78 Å². The average Bonchev–Trinajstić information content (AvgIpc) is 3.27. The molecule has 148 valence electrons. The predicted octanol–water partition coefficient (Wildman–Crippen LogP) is 4.02. The van der Waals surface area contributed by atoms with E-state index in [-0.39, 0.29) is 6.03 Å². The Bertz CT molecular complexity index is 1130. The van der Waals surface area contributed by atoms with Crippen molar-refractivity contribution >= 4 is 28.9 Å². The van der Waals surface area contributed by atoms with E-state index < -0.39 is 0 Å². The van der Waals surface area contributed by atoms with Crippen molar-refractivity contribution in [2.45, 2.75) is 0 Å². The summed E-state index contributed by atoms with van der Waals surface area (Å²) in [6.45, 7) is 2.73. The molecule has 1 aliphatic rings. The Labute approximate surface area is 179 Å². The molecule has 30 heavy (non-hydrogen) atoms. The van der Waals surface area contributed by atoms with Crippen LogP contribution >= 0.6 is 11.3 Å². The number of urea groups is 1. The van der Waals surface area contributed by atoms with Crippen molar-refractivity contribution in [3.05, 3.63) is 64.5 Å². The van der Waals surface area contributed by atoms with E-state index in [1.54, 1.807) is 10.3 Å². The number of terminal acetylenes is 1. The highest BCUT2D eigenvalue weighted by atomic mass is 32.1. The number of nitriles is 1. The fourth-order valence-electron chi connectivity index (χ4n) is 3.44. The molecule has 2 amide bonds. The number of piperazine rings is 1. The van der Waals surface area contributed by atoms with Crippen molar-refractivity contribution in [1.29, 1.82) is 5.26 Å². The highest BCUT2D eigenvalue weighted by Crippen LogP contribution is 2.26. The van der Waals surface area contributed by atoms with Gasteiger partial charge in [0.15, 0.2) is 5.01 Å². The molecule has 0 bridgehead atoms. The molecule has 1 fully saturated rings. The van der Waals surface area contributed by atoms with Gasteiger partial charge in [-0.15, -0.1) is 17.8 Å². The van der Waals surface area contributed by atoms with Crippen LogP contribution in [0.1, 0.15) is 10.6 Å². The van der Waals surface area contributed by atoms with E-state index in [0.717, 1.165) is 29.9 Å². The second kappa shape index (κ2) is 8.69. The second-order valence-corrected chi connectivity index (χ2v) is 7.65. The lowest BCUT2D eigenvalue weighted by Gasteiger charge is -2.36. The average molecular weight is 414 g/mol. The first-order chi connectivity index (χ1) is 14.7. The van der Waals surface area contributed by atoms with Crippen LogP contribution in [0.2, 0.25) is 0 Å². The standard InChI is InChI=1S/C23H19N5OS/c1-2-22-25-21(16-30-22)26-23(29)28-13-11-27(12-14-28)19-9-7-17(8-10-19)20-6-4-3-5-18(20)15-24/h1,3-10,16H,11-14H2,(H,26,29). The lowest BCUT2D eigenvalue weighted by atomic mass is 10.00.